The molecule has 6 heteroatoms. The zero-order valence-corrected chi connectivity index (χ0v) is 12.8. The zero-order chi connectivity index (χ0) is 13.9. The Labute approximate surface area is 127 Å². The Morgan fingerprint density at radius 2 is 2.15 bits per heavy atom. The van der Waals surface area contributed by atoms with Gasteiger partial charge in [0.05, 0.1) is 13.2 Å². The number of hydrogen-bond donors (Lipinski definition) is 1. The maximum absolute atomic E-state index is 9.26. The Hall–Kier alpha value is -0.750. The molecule has 2 aromatic rings. The standard InChI is InChI=1S/C14H18ClN3OS/c15-13-11-5-8-20-14(11)17-12(16-13)9-18(6-7-19)10-3-1-2-4-10/h5,8,10,19H,1-4,6-7,9H2. The van der Waals surface area contributed by atoms with E-state index in [0.29, 0.717) is 24.3 Å². The van der Waals surface area contributed by atoms with Crippen molar-refractivity contribution in [2.24, 2.45) is 0 Å². The third-order valence-corrected chi connectivity index (χ3v) is 4.99. The summed E-state index contributed by atoms with van der Waals surface area (Å²) in [4.78, 5) is 12.2. The second kappa shape index (κ2) is 6.35. The van der Waals surface area contributed by atoms with Gasteiger partial charge in [-0.15, -0.1) is 11.3 Å². The smallest absolute Gasteiger partial charge is 0.145 e. The Kier molecular flexibility index (Phi) is 4.51. The Morgan fingerprint density at radius 3 is 2.90 bits per heavy atom. The van der Waals surface area contributed by atoms with Crippen molar-refractivity contribution in [3.63, 3.8) is 0 Å². The van der Waals surface area contributed by atoms with Crippen LogP contribution in [0.25, 0.3) is 10.2 Å². The number of rotatable bonds is 5. The van der Waals surface area contributed by atoms with Crippen LogP contribution in [0.3, 0.4) is 0 Å². The predicted molar refractivity (Wildman–Crippen MR) is 82.2 cm³/mol. The van der Waals surface area contributed by atoms with E-state index in [0.717, 1.165) is 16.0 Å². The molecule has 1 saturated carbocycles. The maximum atomic E-state index is 9.26. The fraction of sp³-hybridized carbons (Fsp3) is 0.571. The summed E-state index contributed by atoms with van der Waals surface area (Å²) in [5.41, 5.74) is 0. The average molecular weight is 312 g/mol. The summed E-state index contributed by atoms with van der Waals surface area (Å²) < 4.78 is 0. The third-order valence-electron chi connectivity index (χ3n) is 3.90. The van der Waals surface area contributed by atoms with Gasteiger partial charge in [0, 0.05) is 18.0 Å². The highest BCUT2D eigenvalue weighted by Crippen LogP contribution is 2.27. The number of nitrogens with zero attached hydrogens (tertiary/aromatic N) is 3. The molecule has 4 nitrogen and oxygen atoms in total. The first kappa shape index (κ1) is 14.2. The molecule has 0 amide bonds. The maximum Gasteiger partial charge on any atom is 0.145 e. The van der Waals surface area contributed by atoms with Crippen LogP contribution in [-0.4, -0.2) is 39.2 Å². The molecule has 1 aliphatic carbocycles. The van der Waals surface area contributed by atoms with Gasteiger partial charge in [-0.3, -0.25) is 4.90 Å². The van der Waals surface area contributed by atoms with E-state index in [1.165, 1.54) is 25.7 Å². The lowest BCUT2D eigenvalue weighted by Gasteiger charge is -2.27. The van der Waals surface area contributed by atoms with E-state index in [2.05, 4.69) is 14.9 Å². The van der Waals surface area contributed by atoms with Crippen molar-refractivity contribution in [2.45, 2.75) is 38.3 Å². The molecule has 0 aliphatic heterocycles. The molecule has 0 saturated heterocycles. The summed E-state index contributed by atoms with van der Waals surface area (Å²) in [6.45, 7) is 1.51. The van der Waals surface area contributed by atoms with Crippen molar-refractivity contribution in [1.82, 2.24) is 14.9 Å². The summed E-state index contributed by atoms with van der Waals surface area (Å²) in [5, 5.41) is 12.7. The van der Waals surface area contributed by atoms with Crippen LogP contribution in [0.5, 0.6) is 0 Å². The van der Waals surface area contributed by atoms with Gasteiger partial charge in [0.2, 0.25) is 0 Å². The highest BCUT2D eigenvalue weighted by atomic mass is 35.5. The molecule has 108 valence electrons. The summed E-state index contributed by atoms with van der Waals surface area (Å²) in [7, 11) is 0. The Morgan fingerprint density at radius 1 is 1.35 bits per heavy atom. The van der Waals surface area contributed by atoms with E-state index in [1.54, 1.807) is 11.3 Å². The zero-order valence-electron chi connectivity index (χ0n) is 11.3. The lowest BCUT2D eigenvalue weighted by Crippen LogP contribution is -2.35. The molecule has 0 bridgehead atoms. The molecule has 0 aromatic carbocycles. The van der Waals surface area contributed by atoms with Crippen molar-refractivity contribution in [2.75, 3.05) is 13.2 Å². The minimum Gasteiger partial charge on any atom is -0.395 e. The monoisotopic (exact) mass is 311 g/mol. The van der Waals surface area contributed by atoms with Crippen molar-refractivity contribution in [3.8, 4) is 0 Å². The molecule has 1 N–H and O–H groups in total. The number of aliphatic hydroxyl groups excluding tert-OH is 1. The van der Waals surface area contributed by atoms with Gasteiger partial charge in [0.15, 0.2) is 0 Å². The van der Waals surface area contributed by atoms with Crippen LogP contribution < -0.4 is 0 Å². The number of halogens is 1. The minimum absolute atomic E-state index is 0.172. The Bertz CT molecular complexity index is 583. The molecule has 0 atom stereocenters. The normalized spacial score (nSPS) is 16.6. The molecule has 2 heterocycles. The fourth-order valence-electron chi connectivity index (χ4n) is 2.90. The van der Waals surface area contributed by atoms with Gasteiger partial charge < -0.3 is 5.11 Å². The van der Waals surface area contributed by atoms with E-state index in [-0.39, 0.29) is 6.61 Å². The van der Waals surface area contributed by atoms with E-state index in [9.17, 15) is 5.11 Å². The van der Waals surface area contributed by atoms with Crippen LogP contribution in [-0.2, 0) is 6.54 Å². The van der Waals surface area contributed by atoms with Gasteiger partial charge in [-0.2, -0.15) is 0 Å². The number of hydrogen-bond acceptors (Lipinski definition) is 5. The van der Waals surface area contributed by atoms with E-state index < -0.39 is 0 Å². The van der Waals surface area contributed by atoms with Gasteiger partial charge in [0.1, 0.15) is 15.8 Å². The predicted octanol–water partition coefficient (Wildman–Crippen LogP) is 3.08. The molecule has 1 fully saturated rings. The van der Waals surface area contributed by atoms with Crippen LogP contribution >= 0.6 is 22.9 Å². The van der Waals surface area contributed by atoms with Gasteiger partial charge in [-0.1, -0.05) is 24.4 Å². The highest BCUT2D eigenvalue weighted by molar-refractivity contribution is 7.16. The van der Waals surface area contributed by atoms with Crippen molar-refractivity contribution >= 4 is 33.2 Å². The highest BCUT2D eigenvalue weighted by Gasteiger charge is 2.23. The number of thiophene rings is 1. The molecular formula is C14H18ClN3OS. The minimum atomic E-state index is 0.172. The van der Waals surface area contributed by atoms with Crippen molar-refractivity contribution < 1.29 is 5.11 Å². The lowest BCUT2D eigenvalue weighted by molar-refractivity contribution is 0.142. The topological polar surface area (TPSA) is 49.2 Å². The molecule has 1 aliphatic rings. The summed E-state index contributed by atoms with van der Waals surface area (Å²) in [6, 6.07) is 2.50. The van der Waals surface area contributed by atoms with Gasteiger partial charge in [-0.25, -0.2) is 9.97 Å². The molecule has 0 unspecified atom stereocenters. The van der Waals surface area contributed by atoms with Gasteiger partial charge in [-0.05, 0) is 24.3 Å². The van der Waals surface area contributed by atoms with Crippen LogP contribution in [0.1, 0.15) is 31.5 Å². The number of fused-ring (bicyclic) bond motifs is 1. The summed E-state index contributed by atoms with van der Waals surface area (Å²) in [5.74, 6) is 0.755. The van der Waals surface area contributed by atoms with E-state index >= 15 is 0 Å². The largest absolute Gasteiger partial charge is 0.395 e. The van der Waals surface area contributed by atoms with Crippen LogP contribution in [0.2, 0.25) is 5.15 Å². The molecular weight excluding hydrogens is 294 g/mol. The Balaban J connectivity index is 1.81. The fourth-order valence-corrected chi connectivity index (χ4v) is 3.99. The molecule has 2 aromatic heterocycles. The molecule has 0 spiro atoms. The summed E-state index contributed by atoms with van der Waals surface area (Å²) >= 11 is 7.80. The van der Waals surface area contributed by atoms with E-state index in [4.69, 9.17) is 11.6 Å². The SMILES string of the molecule is OCCN(Cc1nc(Cl)c2ccsc2n1)C1CCCC1. The van der Waals surface area contributed by atoms with Crippen LogP contribution in [0.4, 0.5) is 0 Å². The molecule has 20 heavy (non-hydrogen) atoms. The van der Waals surface area contributed by atoms with Gasteiger partial charge >= 0.3 is 0 Å². The second-order valence-corrected chi connectivity index (χ2v) is 6.46. The first-order valence-electron chi connectivity index (χ1n) is 7.02. The lowest BCUT2D eigenvalue weighted by atomic mass is 10.2. The van der Waals surface area contributed by atoms with Crippen molar-refractivity contribution in [3.05, 3.63) is 22.4 Å². The summed E-state index contributed by atoms with van der Waals surface area (Å²) in [6.07, 6.45) is 4.96. The van der Waals surface area contributed by atoms with Gasteiger partial charge in [0.25, 0.3) is 0 Å². The third kappa shape index (κ3) is 2.96. The quantitative estimate of drug-likeness (QED) is 0.862. The first-order valence-corrected chi connectivity index (χ1v) is 8.28. The first-order chi connectivity index (χ1) is 9.78. The van der Waals surface area contributed by atoms with Crippen molar-refractivity contribution in [1.29, 1.82) is 0 Å². The van der Waals surface area contributed by atoms with Crippen LogP contribution in [0.15, 0.2) is 11.4 Å². The van der Waals surface area contributed by atoms with Crippen LogP contribution in [0, 0.1) is 0 Å². The van der Waals surface area contributed by atoms with E-state index in [1.807, 2.05) is 11.4 Å². The number of aliphatic hydroxyl groups is 1. The second-order valence-electron chi connectivity index (χ2n) is 5.20. The number of aromatic nitrogens is 2. The average Bonchev–Trinajstić information content (AvgIpc) is 3.09. The molecule has 0 radical (unpaired) electrons. The molecule has 3 rings (SSSR count).